The molecule has 0 saturated carbocycles. The lowest BCUT2D eigenvalue weighted by molar-refractivity contribution is -0.153. The molecule has 6 rings (SSSR count). The van der Waals surface area contributed by atoms with Crippen LogP contribution < -0.4 is 20.4 Å². The summed E-state index contributed by atoms with van der Waals surface area (Å²) in [5, 5.41) is 4.70. The van der Waals surface area contributed by atoms with Crippen molar-refractivity contribution in [2.45, 2.75) is 38.5 Å². The number of ether oxygens (including phenoxy) is 2. The molecule has 1 aromatic carbocycles. The molecule has 0 bridgehead atoms. The van der Waals surface area contributed by atoms with E-state index in [9.17, 15) is 19.2 Å². The number of benzene rings is 1. The Bertz CT molecular complexity index is 1330. The van der Waals surface area contributed by atoms with E-state index in [0.29, 0.717) is 12.2 Å². The number of hydrogen-bond acceptors (Lipinski definition) is 9. The van der Waals surface area contributed by atoms with Crippen molar-refractivity contribution in [3.8, 4) is 0 Å². The summed E-state index contributed by atoms with van der Waals surface area (Å²) in [6, 6.07) is -0.147. The Kier molecular flexibility index (Phi) is 4.99. The second-order valence-electron chi connectivity index (χ2n) is 9.52. The third kappa shape index (κ3) is 3.05. The molecule has 2 aromatic rings. The second kappa shape index (κ2) is 7.90. The van der Waals surface area contributed by atoms with Crippen molar-refractivity contribution in [2.24, 2.45) is 5.41 Å². The molecule has 5 heterocycles. The van der Waals surface area contributed by atoms with Gasteiger partial charge in [0.15, 0.2) is 11.2 Å². The van der Waals surface area contributed by atoms with Gasteiger partial charge in [0.25, 0.3) is 5.91 Å². The van der Waals surface area contributed by atoms with Gasteiger partial charge in [0.2, 0.25) is 11.8 Å². The van der Waals surface area contributed by atoms with Crippen molar-refractivity contribution in [2.75, 3.05) is 36.1 Å². The van der Waals surface area contributed by atoms with E-state index >= 15 is 4.39 Å². The van der Waals surface area contributed by atoms with Gasteiger partial charge in [-0.2, -0.15) is 0 Å². The Morgan fingerprint density at radius 1 is 1.14 bits per heavy atom. The highest BCUT2D eigenvalue weighted by atomic mass is 19.1. The predicted octanol–water partition coefficient (Wildman–Crippen LogP) is 0.0228. The van der Waals surface area contributed by atoms with E-state index in [1.165, 1.54) is 11.2 Å². The fourth-order valence-corrected chi connectivity index (χ4v) is 6.01. The van der Waals surface area contributed by atoms with E-state index in [1.54, 1.807) is 17.9 Å². The van der Waals surface area contributed by atoms with Gasteiger partial charge in [0.1, 0.15) is 24.3 Å². The Morgan fingerprint density at radius 3 is 2.61 bits per heavy atom. The molecule has 3 atom stereocenters. The summed E-state index contributed by atoms with van der Waals surface area (Å²) in [5.41, 5.74) is -1.14. The molecule has 12 nitrogen and oxygen atoms in total. The van der Waals surface area contributed by atoms with Crippen LogP contribution in [0.2, 0.25) is 0 Å². The zero-order valence-corrected chi connectivity index (χ0v) is 19.5. The lowest BCUT2D eigenvalue weighted by atomic mass is 9.66. The number of imide groups is 2. The quantitative estimate of drug-likeness (QED) is 0.520. The highest BCUT2D eigenvalue weighted by Crippen LogP contribution is 2.49. The fraction of sp³-hybridized carbons (Fsp3) is 0.478. The number of urea groups is 1. The van der Waals surface area contributed by atoms with Crippen molar-refractivity contribution in [3.05, 3.63) is 23.8 Å². The maximum Gasteiger partial charge on any atom is 0.328 e. The first-order valence-electron chi connectivity index (χ1n) is 11.7. The molecule has 0 unspecified atom stereocenters. The standard InChI is InChI=1S/C23H23FN6O6/c1-10-7-30-17-12(6-23(18(30)11(2)36-10)20(32)27-22(34)28-21(23)33)5-13-16(15(17)24)25-9-26-19(13)29-3-4-35-8-14(29)31/h5,9-11,18H,3-4,6-8H2,1-2H3,(H2,27,28,32,33,34)/t10-,11+,18-/m1/s1. The van der Waals surface area contributed by atoms with E-state index in [-0.39, 0.29) is 60.5 Å². The molecular formula is C23H23FN6O6. The van der Waals surface area contributed by atoms with Gasteiger partial charge in [-0.1, -0.05) is 0 Å². The van der Waals surface area contributed by atoms with Gasteiger partial charge in [0.05, 0.1) is 37.1 Å². The Morgan fingerprint density at radius 2 is 1.89 bits per heavy atom. The number of aromatic nitrogens is 2. The fourth-order valence-electron chi connectivity index (χ4n) is 6.01. The molecule has 1 aromatic heterocycles. The molecule has 4 aliphatic heterocycles. The van der Waals surface area contributed by atoms with Crippen LogP contribution in [0.4, 0.5) is 20.7 Å². The van der Waals surface area contributed by atoms with Gasteiger partial charge in [-0.05, 0) is 25.5 Å². The van der Waals surface area contributed by atoms with Crippen LogP contribution in [0.3, 0.4) is 0 Å². The Labute approximate surface area is 204 Å². The lowest BCUT2D eigenvalue weighted by Crippen LogP contribution is -2.75. The SMILES string of the molecule is C[C@@H]1CN2c3c(cc4c(N5CCOCC5=O)ncnc4c3F)CC3(C(=O)NC(=O)NC3=O)[C@H]2[C@H](C)O1. The van der Waals surface area contributed by atoms with E-state index in [0.717, 1.165) is 0 Å². The number of anilines is 2. The number of carbonyl (C=O) groups excluding carboxylic acids is 4. The zero-order chi connectivity index (χ0) is 25.4. The van der Waals surface area contributed by atoms with E-state index in [4.69, 9.17) is 9.47 Å². The summed E-state index contributed by atoms with van der Waals surface area (Å²) in [6.07, 6.45) is 0.0660. The van der Waals surface area contributed by atoms with Gasteiger partial charge >= 0.3 is 6.03 Å². The normalized spacial score (nSPS) is 27.6. The molecule has 0 aliphatic carbocycles. The first-order valence-corrected chi connectivity index (χ1v) is 11.7. The summed E-state index contributed by atoms with van der Waals surface area (Å²) in [7, 11) is 0. The first kappa shape index (κ1) is 22.7. The van der Waals surface area contributed by atoms with E-state index < -0.39 is 41.2 Å². The topological polar surface area (TPSA) is 143 Å². The number of carbonyl (C=O) groups is 4. The number of halogens is 1. The number of amides is 5. The maximum atomic E-state index is 16.3. The number of morpholine rings is 2. The highest BCUT2D eigenvalue weighted by molar-refractivity contribution is 6.20. The predicted molar refractivity (Wildman–Crippen MR) is 122 cm³/mol. The molecule has 13 heteroatoms. The summed E-state index contributed by atoms with van der Waals surface area (Å²) in [6.45, 7) is 4.17. The molecule has 3 saturated heterocycles. The third-order valence-electron chi connectivity index (χ3n) is 7.35. The van der Waals surface area contributed by atoms with Gasteiger partial charge in [0, 0.05) is 18.4 Å². The third-order valence-corrected chi connectivity index (χ3v) is 7.35. The largest absolute Gasteiger partial charge is 0.372 e. The number of nitrogens with one attached hydrogen (secondary N) is 2. The molecule has 3 fully saturated rings. The minimum absolute atomic E-state index is 0.0206. The van der Waals surface area contributed by atoms with Crippen LogP contribution in [0.15, 0.2) is 12.4 Å². The van der Waals surface area contributed by atoms with Crippen LogP contribution in [0, 0.1) is 11.2 Å². The number of hydrogen-bond donors (Lipinski definition) is 2. The minimum atomic E-state index is -1.74. The van der Waals surface area contributed by atoms with Gasteiger partial charge in [-0.3, -0.25) is 29.9 Å². The van der Waals surface area contributed by atoms with Crippen molar-refractivity contribution in [1.29, 1.82) is 0 Å². The smallest absolute Gasteiger partial charge is 0.328 e. The van der Waals surface area contributed by atoms with Gasteiger partial charge in [-0.25, -0.2) is 19.2 Å². The van der Waals surface area contributed by atoms with Gasteiger partial charge < -0.3 is 14.4 Å². The monoisotopic (exact) mass is 498 g/mol. The van der Waals surface area contributed by atoms with Crippen LogP contribution in [-0.4, -0.2) is 78.3 Å². The second-order valence-corrected chi connectivity index (χ2v) is 9.52. The van der Waals surface area contributed by atoms with Crippen molar-refractivity contribution >= 4 is 46.2 Å². The molecular weight excluding hydrogens is 475 g/mol. The number of barbiturate groups is 1. The minimum Gasteiger partial charge on any atom is -0.372 e. The summed E-state index contributed by atoms with van der Waals surface area (Å²) < 4.78 is 27.4. The summed E-state index contributed by atoms with van der Waals surface area (Å²) >= 11 is 0. The number of nitrogens with zero attached hydrogens (tertiary/aromatic N) is 4. The average Bonchev–Trinajstić information content (AvgIpc) is 2.82. The van der Waals surface area contributed by atoms with E-state index in [2.05, 4.69) is 20.6 Å². The molecule has 5 amide bonds. The van der Waals surface area contributed by atoms with Crippen molar-refractivity contribution in [1.82, 2.24) is 20.6 Å². The summed E-state index contributed by atoms with van der Waals surface area (Å²) in [4.78, 5) is 62.6. The lowest BCUT2D eigenvalue weighted by Gasteiger charge is -2.55. The van der Waals surface area contributed by atoms with Crippen LogP contribution in [-0.2, 0) is 30.3 Å². The Hall–Kier alpha value is -3.71. The average molecular weight is 498 g/mol. The first-order chi connectivity index (χ1) is 17.2. The van der Waals surface area contributed by atoms with Crippen LogP contribution in [0.1, 0.15) is 19.4 Å². The van der Waals surface area contributed by atoms with Gasteiger partial charge in [-0.15, -0.1) is 0 Å². The molecule has 0 radical (unpaired) electrons. The van der Waals surface area contributed by atoms with Crippen LogP contribution >= 0.6 is 0 Å². The maximum absolute atomic E-state index is 16.3. The number of fused-ring (bicyclic) bond motifs is 5. The zero-order valence-electron chi connectivity index (χ0n) is 19.5. The van der Waals surface area contributed by atoms with E-state index in [1.807, 2.05) is 6.92 Å². The van der Waals surface area contributed by atoms with Crippen LogP contribution in [0.25, 0.3) is 10.9 Å². The number of rotatable bonds is 1. The molecule has 188 valence electrons. The van der Waals surface area contributed by atoms with Crippen molar-refractivity contribution in [3.63, 3.8) is 0 Å². The molecule has 36 heavy (non-hydrogen) atoms. The molecule has 2 N–H and O–H groups in total. The summed E-state index contributed by atoms with van der Waals surface area (Å²) in [5.74, 6) is -2.27. The molecule has 4 aliphatic rings. The molecule has 1 spiro atoms. The van der Waals surface area contributed by atoms with Crippen molar-refractivity contribution < 1.29 is 33.0 Å². The van der Waals surface area contributed by atoms with Crippen LogP contribution in [0.5, 0.6) is 0 Å². The highest BCUT2D eigenvalue weighted by Gasteiger charge is 2.63. The Balaban J connectivity index is 1.59.